The normalized spacial score (nSPS) is 11.4. The highest BCUT2D eigenvalue weighted by Crippen LogP contribution is 2.19. The van der Waals surface area contributed by atoms with Gasteiger partial charge in [-0.05, 0) is 36.2 Å². The van der Waals surface area contributed by atoms with Gasteiger partial charge in [0.15, 0.2) is 0 Å². The molecule has 0 aliphatic heterocycles. The molecule has 0 radical (unpaired) electrons. The van der Waals surface area contributed by atoms with E-state index in [1.165, 1.54) is 19.1 Å². The summed E-state index contributed by atoms with van der Waals surface area (Å²) in [7, 11) is -4.80. The van der Waals surface area contributed by atoms with Gasteiger partial charge in [-0.1, -0.05) is 6.07 Å². The molecule has 0 aliphatic carbocycles. The standard InChI is InChI=1S/C8H6ClFO3S/c1-5-2-3-6(8(9)11)4-7(5)14(10,12)13/h2-4H,1H3. The van der Waals surface area contributed by atoms with Crippen LogP contribution in [0.5, 0.6) is 0 Å². The molecular weight excluding hydrogens is 231 g/mol. The fraction of sp³-hybridized carbons (Fsp3) is 0.125. The molecule has 14 heavy (non-hydrogen) atoms. The zero-order chi connectivity index (χ0) is 10.9. The van der Waals surface area contributed by atoms with Crippen LogP contribution in [0.2, 0.25) is 0 Å². The molecule has 1 aromatic carbocycles. The molecule has 76 valence electrons. The van der Waals surface area contributed by atoms with Crippen molar-refractivity contribution in [3.8, 4) is 0 Å². The summed E-state index contributed by atoms with van der Waals surface area (Å²) in [4.78, 5) is 10.2. The quantitative estimate of drug-likeness (QED) is 0.739. The van der Waals surface area contributed by atoms with Crippen molar-refractivity contribution >= 4 is 27.1 Å². The van der Waals surface area contributed by atoms with Gasteiger partial charge in [-0.15, -0.1) is 3.89 Å². The lowest BCUT2D eigenvalue weighted by atomic mass is 10.2. The molecule has 0 amide bonds. The molecule has 0 bridgehead atoms. The molecule has 0 N–H and O–H groups in total. The number of hydrogen-bond donors (Lipinski definition) is 0. The van der Waals surface area contributed by atoms with Crippen molar-refractivity contribution in [2.75, 3.05) is 0 Å². The van der Waals surface area contributed by atoms with Gasteiger partial charge in [0.1, 0.15) is 4.90 Å². The fourth-order valence-corrected chi connectivity index (χ4v) is 1.82. The van der Waals surface area contributed by atoms with Crippen LogP contribution in [0, 0.1) is 6.92 Å². The Hall–Kier alpha value is -0.940. The Morgan fingerprint density at radius 2 is 2.00 bits per heavy atom. The third kappa shape index (κ3) is 2.30. The minimum Gasteiger partial charge on any atom is -0.276 e. The zero-order valence-electron chi connectivity index (χ0n) is 7.12. The summed E-state index contributed by atoms with van der Waals surface area (Å²) in [5, 5.41) is -0.824. The van der Waals surface area contributed by atoms with Crippen LogP contribution in [-0.2, 0) is 10.2 Å². The highest BCUT2D eigenvalue weighted by Gasteiger charge is 2.17. The molecule has 0 spiro atoms. The first-order chi connectivity index (χ1) is 6.32. The Morgan fingerprint density at radius 3 is 2.43 bits per heavy atom. The van der Waals surface area contributed by atoms with E-state index in [9.17, 15) is 17.1 Å². The summed E-state index contributed by atoms with van der Waals surface area (Å²) in [6, 6.07) is 3.57. The van der Waals surface area contributed by atoms with Gasteiger partial charge >= 0.3 is 10.2 Å². The third-order valence-electron chi connectivity index (χ3n) is 1.68. The number of aryl methyl sites for hydroxylation is 1. The average molecular weight is 237 g/mol. The predicted octanol–water partition coefficient (Wildman–Crippen LogP) is 2.03. The van der Waals surface area contributed by atoms with Gasteiger partial charge in [0.25, 0.3) is 5.24 Å². The Bertz CT molecular complexity index is 481. The molecule has 6 heteroatoms. The summed E-state index contributed by atoms with van der Waals surface area (Å²) in [5.41, 5.74) is 0.183. The SMILES string of the molecule is Cc1ccc(C(=O)Cl)cc1S(=O)(=O)F. The van der Waals surface area contributed by atoms with Crippen LogP contribution in [0.25, 0.3) is 0 Å². The molecule has 0 unspecified atom stereocenters. The first-order valence-corrected chi connectivity index (χ1v) is 5.33. The number of carbonyl (C=O) groups excluding carboxylic acids is 1. The molecule has 0 fully saturated rings. The van der Waals surface area contributed by atoms with Gasteiger partial charge in [-0.3, -0.25) is 4.79 Å². The maximum atomic E-state index is 12.6. The molecular formula is C8H6ClFO3S. The monoisotopic (exact) mass is 236 g/mol. The summed E-state index contributed by atoms with van der Waals surface area (Å²) in [5.74, 6) is 0. The summed E-state index contributed by atoms with van der Waals surface area (Å²) in [6.45, 7) is 1.43. The second kappa shape index (κ2) is 3.67. The van der Waals surface area contributed by atoms with Crippen LogP contribution < -0.4 is 0 Å². The topological polar surface area (TPSA) is 51.2 Å². The van der Waals surface area contributed by atoms with Crippen molar-refractivity contribution in [2.45, 2.75) is 11.8 Å². The van der Waals surface area contributed by atoms with Crippen LogP contribution in [-0.4, -0.2) is 13.7 Å². The molecule has 0 heterocycles. The first-order valence-electron chi connectivity index (χ1n) is 3.57. The summed E-state index contributed by atoms with van der Waals surface area (Å²) < 4.78 is 33.9. The summed E-state index contributed by atoms with van der Waals surface area (Å²) in [6.07, 6.45) is 0. The van der Waals surface area contributed by atoms with E-state index in [0.717, 1.165) is 6.07 Å². The van der Waals surface area contributed by atoms with Crippen molar-refractivity contribution in [1.82, 2.24) is 0 Å². The Kier molecular flexibility index (Phi) is 2.92. The molecule has 1 rings (SSSR count). The number of carbonyl (C=O) groups is 1. The van der Waals surface area contributed by atoms with Crippen LogP contribution in [0.4, 0.5) is 3.89 Å². The number of benzene rings is 1. The van der Waals surface area contributed by atoms with E-state index in [1.54, 1.807) is 0 Å². The molecule has 0 aliphatic rings. The van der Waals surface area contributed by atoms with Crippen molar-refractivity contribution in [1.29, 1.82) is 0 Å². The van der Waals surface area contributed by atoms with E-state index in [1.807, 2.05) is 0 Å². The molecule has 0 aromatic heterocycles. The first kappa shape index (κ1) is 11.1. The van der Waals surface area contributed by atoms with Crippen molar-refractivity contribution < 1.29 is 17.1 Å². The van der Waals surface area contributed by atoms with Gasteiger partial charge in [0.2, 0.25) is 0 Å². The van der Waals surface area contributed by atoms with E-state index >= 15 is 0 Å². The van der Waals surface area contributed by atoms with E-state index in [4.69, 9.17) is 11.6 Å². The van der Waals surface area contributed by atoms with Crippen LogP contribution >= 0.6 is 11.6 Å². The largest absolute Gasteiger partial charge is 0.332 e. The van der Waals surface area contributed by atoms with Gasteiger partial charge in [0, 0.05) is 5.56 Å². The van der Waals surface area contributed by atoms with Crippen LogP contribution in [0.15, 0.2) is 23.1 Å². The summed E-state index contributed by atoms with van der Waals surface area (Å²) >= 11 is 5.12. The molecule has 0 saturated heterocycles. The lowest BCUT2D eigenvalue weighted by molar-refractivity contribution is 0.108. The van der Waals surface area contributed by atoms with E-state index < -0.39 is 20.4 Å². The second-order valence-corrected chi connectivity index (χ2v) is 4.35. The van der Waals surface area contributed by atoms with Gasteiger partial charge in [-0.2, -0.15) is 8.42 Å². The molecule has 3 nitrogen and oxygen atoms in total. The highest BCUT2D eigenvalue weighted by molar-refractivity contribution is 7.86. The number of hydrogen-bond acceptors (Lipinski definition) is 3. The number of rotatable bonds is 2. The van der Waals surface area contributed by atoms with Gasteiger partial charge < -0.3 is 0 Å². The second-order valence-electron chi connectivity index (χ2n) is 2.69. The minimum absolute atomic E-state index is 0.0477. The van der Waals surface area contributed by atoms with Gasteiger partial charge in [0.05, 0.1) is 0 Å². The number of halogens is 2. The Labute approximate surface area is 85.7 Å². The van der Waals surface area contributed by atoms with E-state index in [0.29, 0.717) is 0 Å². The van der Waals surface area contributed by atoms with Crippen LogP contribution in [0.3, 0.4) is 0 Å². The molecule has 1 aromatic rings. The predicted molar refractivity (Wildman–Crippen MR) is 49.7 cm³/mol. The molecule has 0 saturated carbocycles. The Morgan fingerprint density at radius 1 is 1.43 bits per heavy atom. The zero-order valence-corrected chi connectivity index (χ0v) is 8.69. The van der Waals surface area contributed by atoms with Gasteiger partial charge in [-0.25, -0.2) is 0 Å². The average Bonchev–Trinajstić information content (AvgIpc) is 2.02. The Balaban J connectivity index is 3.44. The minimum atomic E-state index is -4.80. The lowest BCUT2D eigenvalue weighted by Gasteiger charge is -2.01. The highest BCUT2D eigenvalue weighted by atomic mass is 35.5. The fourth-order valence-electron chi connectivity index (χ4n) is 0.985. The maximum Gasteiger partial charge on any atom is 0.332 e. The maximum absolute atomic E-state index is 12.6. The van der Waals surface area contributed by atoms with E-state index in [2.05, 4.69) is 0 Å². The lowest BCUT2D eigenvalue weighted by Crippen LogP contribution is -1.99. The third-order valence-corrected chi connectivity index (χ3v) is 2.86. The smallest absolute Gasteiger partial charge is 0.276 e. The van der Waals surface area contributed by atoms with Crippen LogP contribution in [0.1, 0.15) is 15.9 Å². The van der Waals surface area contributed by atoms with Crippen molar-refractivity contribution in [2.24, 2.45) is 0 Å². The molecule has 0 atom stereocenters. The van der Waals surface area contributed by atoms with E-state index in [-0.39, 0.29) is 11.1 Å². The van der Waals surface area contributed by atoms with Crippen molar-refractivity contribution in [3.63, 3.8) is 0 Å². The van der Waals surface area contributed by atoms with Crippen molar-refractivity contribution in [3.05, 3.63) is 29.3 Å².